The predicted molar refractivity (Wildman–Crippen MR) is 87.9 cm³/mol. The van der Waals surface area contributed by atoms with Crippen LogP contribution in [-0.4, -0.2) is 24.7 Å². The molecule has 0 amide bonds. The van der Waals surface area contributed by atoms with Crippen LogP contribution in [0.15, 0.2) is 34.9 Å². The van der Waals surface area contributed by atoms with Crippen molar-refractivity contribution in [2.45, 2.75) is 20.0 Å². The second-order valence-corrected chi connectivity index (χ2v) is 6.21. The van der Waals surface area contributed by atoms with Crippen LogP contribution in [-0.2, 0) is 20.1 Å². The summed E-state index contributed by atoms with van der Waals surface area (Å²) in [5.41, 5.74) is 3.98. The van der Waals surface area contributed by atoms with E-state index in [0.717, 1.165) is 21.6 Å². The zero-order chi connectivity index (χ0) is 16.6. The van der Waals surface area contributed by atoms with Crippen molar-refractivity contribution in [3.05, 3.63) is 63.4 Å². The van der Waals surface area contributed by atoms with E-state index in [1.807, 2.05) is 20.0 Å². The monoisotopic (exact) mass is 378 g/mol. The molecule has 0 aliphatic rings. The normalized spacial score (nSPS) is 11.2. The van der Waals surface area contributed by atoms with Crippen LogP contribution in [0.25, 0.3) is 5.69 Å². The summed E-state index contributed by atoms with van der Waals surface area (Å²) in [4.78, 5) is 0. The summed E-state index contributed by atoms with van der Waals surface area (Å²) in [5, 5.41) is 18.2. The number of nitrogens with zero attached hydrogens (tertiary/aromatic N) is 4. The van der Waals surface area contributed by atoms with Crippen molar-refractivity contribution in [3.63, 3.8) is 0 Å². The number of rotatable bonds is 4. The van der Waals surface area contributed by atoms with E-state index in [-0.39, 0.29) is 12.4 Å². The van der Waals surface area contributed by atoms with Crippen LogP contribution >= 0.6 is 15.9 Å². The van der Waals surface area contributed by atoms with Crippen molar-refractivity contribution in [2.75, 3.05) is 0 Å². The number of halogens is 2. The number of aliphatic hydroxyl groups is 1. The first-order valence-electron chi connectivity index (χ1n) is 7.11. The first-order chi connectivity index (χ1) is 11.0. The molecule has 0 spiro atoms. The largest absolute Gasteiger partial charge is 0.392 e. The first kappa shape index (κ1) is 15.9. The number of aromatic nitrogens is 4. The van der Waals surface area contributed by atoms with Gasteiger partial charge in [0.25, 0.3) is 0 Å². The molecule has 3 aromatic rings. The third kappa shape index (κ3) is 3.07. The van der Waals surface area contributed by atoms with Crippen LogP contribution < -0.4 is 0 Å². The number of benzene rings is 1. The molecule has 120 valence electrons. The van der Waals surface area contributed by atoms with Gasteiger partial charge in [-0.25, -0.2) is 9.07 Å². The lowest BCUT2D eigenvalue weighted by atomic mass is 10.1. The minimum Gasteiger partial charge on any atom is -0.392 e. The summed E-state index contributed by atoms with van der Waals surface area (Å²) in [6.07, 6.45) is 2.36. The van der Waals surface area contributed by atoms with Crippen molar-refractivity contribution in [1.82, 2.24) is 19.6 Å². The Hall–Kier alpha value is -1.99. The SMILES string of the molecule is Cc1cc(Cc2c(Br)cnn2C)n(-c2ccc(F)cc2CO)n1. The molecule has 5 nitrogen and oxygen atoms in total. The Kier molecular flexibility index (Phi) is 4.32. The van der Waals surface area contributed by atoms with Gasteiger partial charge in [0, 0.05) is 19.0 Å². The molecule has 0 fully saturated rings. The van der Waals surface area contributed by atoms with Gasteiger partial charge in [-0.2, -0.15) is 10.2 Å². The third-order valence-electron chi connectivity index (χ3n) is 3.70. The second-order valence-electron chi connectivity index (χ2n) is 5.36. The lowest BCUT2D eigenvalue weighted by Crippen LogP contribution is -2.09. The predicted octanol–water partition coefficient (Wildman–Crippen LogP) is 2.90. The molecule has 0 atom stereocenters. The summed E-state index contributed by atoms with van der Waals surface area (Å²) in [6, 6.07) is 6.31. The highest BCUT2D eigenvalue weighted by atomic mass is 79.9. The van der Waals surface area contributed by atoms with E-state index in [1.54, 1.807) is 21.6 Å². The Balaban J connectivity index is 2.08. The number of aliphatic hydroxyl groups excluding tert-OH is 1. The molecule has 2 aromatic heterocycles. The molecule has 0 saturated heterocycles. The van der Waals surface area contributed by atoms with Gasteiger partial charge in [-0.1, -0.05) is 0 Å². The molecule has 1 N–H and O–H groups in total. The van der Waals surface area contributed by atoms with Crippen LogP contribution in [0.1, 0.15) is 22.6 Å². The van der Waals surface area contributed by atoms with E-state index >= 15 is 0 Å². The zero-order valence-corrected chi connectivity index (χ0v) is 14.4. The van der Waals surface area contributed by atoms with Gasteiger partial charge in [0.05, 0.1) is 40.0 Å². The maximum absolute atomic E-state index is 13.4. The van der Waals surface area contributed by atoms with Crippen molar-refractivity contribution >= 4 is 15.9 Å². The summed E-state index contributed by atoms with van der Waals surface area (Å²) < 4.78 is 17.9. The minimum absolute atomic E-state index is 0.249. The fourth-order valence-electron chi connectivity index (χ4n) is 2.58. The second kappa shape index (κ2) is 6.25. The Labute approximate surface area is 141 Å². The first-order valence-corrected chi connectivity index (χ1v) is 7.90. The molecular formula is C16H16BrFN4O. The molecule has 0 saturated carbocycles. The molecule has 0 aliphatic carbocycles. The molecule has 2 heterocycles. The summed E-state index contributed by atoms with van der Waals surface area (Å²) in [5.74, 6) is -0.377. The van der Waals surface area contributed by atoms with E-state index in [0.29, 0.717) is 17.7 Å². The maximum Gasteiger partial charge on any atom is 0.123 e. The van der Waals surface area contributed by atoms with E-state index in [4.69, 9.17) is 0 Å². The molecule has 0 radical (unpaired) electrons. The van der Waals surface area contributed by atoms with Gasteiger partial charge < -0.3 is 5.11 Å². The standard InChI is InChI=1S/C16H16BrFN4O/c1-10-5-13(7-16-14(17)8-19-21(16)2)22(20-10)15-4-3-12(18)6-11(15)9-23/h3-6,8,23H,7,9H2,1-2H3. The van der Waals surface area contributed by atoms with E-state index in [2.05, 4.69) is 26.1 Å². The highest BCUT2D eigenvalue weighted by Gasteiger charge is 2.15. The number of aryl methyl sites for hydroxylation is 2. The van der Waals surface area contributed by atoms with Crippen molar-refractivity contribution < 1.29 is 9.50 Å². The number of hydrogen-bond donors (Lipinski definition) is 1. The van der Waals surface area contributed by atoms with E-state index in [1.165, 1.54) is 12.1 Å². The molecule has 23 heavy (non-hydrogen) atoms. The lowest BCUT2D eigenvalue weighted by Gasteiger charge is -2.12. The quantitative estimate of drug-likeness (QED) is 0.759. The van der Waals surface area contributed by atoms with Gasteiger partial charge in [-0.15, -0.1) is 0 Å². The van der Waals surface area contributed by atoms with Gasteiger partial charge in [0.2, 0.25) is 0 Å². The fourth-order valence-corrected chi connectivity index (χ4v) is 3.07. The smallest absolute Gasteiger partial charge is 0.123 e. The Morgan fingerprint density at radius 3 is 2.74 bits per heavy atom. The average molecular weight is 379 g/mol. The molecule has 0 aliphatic heterocycles. The van der Waals surface area contributed by atoms with E-state index < -0.39 is 0 Å². The Morgan fingerprint density at radius 2 is 2.09 bits per heavy atom. The summed E-state index contributed by atoms with van der Waals surface area (Å²) in [6.45, 7) is 1.65. The van der Waals surface area contributed by atoms with Gasteiger partial charge in [-0.05, 0) is 47.1 Å². The van der Waals surface area contributed by atoms with Crippen LogP contribution in [0.4, 0.5) is 4.39 Å². The highest BCUT2D eigenvalue weighted by molar-refractivity contribution is 9.10. The van der Waals surface area contributed by atoms with E-state index in [9.17, 15) is 9.50 Å². The highest BCUT2D eigenvalue weighted by Crippen LogP contribution is 2.23. The average Bonchev–Trinajstić information content (AvgIpc) is 3.04. The number of hydrogen-bond acceptors (Lipinski definition) is 3. The third-order valence-corrected chi connectivity index (χ3v) is 4.37. The Morgan fingerprint density at radius 1 is 1.30 bits per heavy atom. The lowest BCUT2D eigenvalue weighted by molar-refractivity contribution is 0.280. The van der Waals surface area contributed by atoms with Crippen molar-refractivity contribution in [2.24, 2.45) is 7.05 Å². The molecular weight excluding hydrogens is 363 g/mol. The van der Waals surface area contributed by atoms with Crippen LogP contribution in [0.2, 0.25) is 0 Å². The maximum atomic E-state index is 13.4. The molecule has 0 bridgehead atoms. The summed E-state index contributed by atoms with van der Waals surface area (Å²) in [7, 11) is 1.88. The van der Waals surface area contributed by atoms with Gasteiger partial charge in [-0.3, -0.25) is 4.68 Å². The van der Waals surface area contributed by atoms with Crippen LogP contribution in [0.5, 0.6) is 0 Å². The summed E-state index contributed by atoms with van der Waals surface area (Å²) >= 11 is 3.50. The molecule has 3 rings (SSSR count). The Bertz CT molecular complexity index is 836. The van der Waals surface area contributed by atoms with Crippen LogP contribution in [0, 0.1) is 12.7 Å². The molecule has 0 unspecified atom stereocenters. The molecule has 7 heteroatoms. The molecule has 1 aromatic carbocycles. The van der Waals surface area contributed by atoms with Crippen molar-refractivity contribution in [1.29, 1.82) is 0 Å². The minimum atomic E-state index is -0.377. The van der Waals surface area contributed by atoms with Gasteiger partial charge in [0.15, 0.2) is 0 Å². The van der Waals surface area contributed by atoms with Crippen LogP contribution in [0.3, 0.4) is 0 Å². The van der Waals surface area contributed by atoms with Gasteiger partial charge >= 0.3 is 0 Å². The fraction of sp³-hybridized carbons (Fsp3) is 0.250. The van der Waals surface area contributed by atoms with Crippen molar-refractivity contribution in [3.8, 4) is 5.69 Å². The van der Waals surface area contributed by atoms with Gasteiger partial charge in [0.1, 0.15) is 5.82 Å². The topological polar surface area (TPSA) is 55.9 Å². The zero-order valence-electron chi connectivity index (χ0n) is 12.8.